The second-order valence-electron chi connectivity index (χ2n) is 7.95. The number of imidazole rings is 1. The van der Waals surface area contributed by atoms with Crippen molar-refractivity contribution in [2.45, 2.75) is 19.5 Å². The van der Waals surface area contributed by atoms with Crippen molar-refractivity contribution in [1.82, 2.24) is 14.1 Å². The number of nitrogens with zero attached hydrogens (tertiary/aromatic N) is 3. The third-order valence-electron chi connectivity index (χ3n) is 5.86. The maximum Gasteiger partial charge on any atom is 0.265 e. The normalized spacial score (nSPS) is 11.1. The van der Waals surface area contributed by atoms with Crippen LogP contribution in [0.3, 0.4) is 0 Å². The van der Waals surface area contributed by atoms with E-state index >= 15 is 0 Å². The van der Waals surface area contributed by atoms with Crippen molar-refractivity contribution in [3.63, 3.8) is 0 Å². The van der Waals surface area contributed by atoms with E-state index in [1.165, 1.54) is 5.56 Å². The second-order valence-corrected chi connectivity index (χ2v) is 7.95. The Morgan fingerprint density at radius 2 is 1.69 bits per heavy atom. The van der Waals surface area contributed by atoms with Crippen molar-refractivity contribution < 1.29 is 4.79 Å². The van der Waals surface area contributed by atoms with Crippen LogP contribution in [0.15, 0.2) is 97.6 Å². The summed E-state index contributed by atoms with van der Waals surface area (Å²) in [6.45, 7) is 1.35. The molecular weight excluding hydrogens is 396 g/mol. The van der Waals surface area contributed by atoms with Crippen molar-refractivity contribution in [3.05, 3.63) is 115 Å². The molecule has 2 aromatic heterocycles. The number of hydrogen-bond donors (Lipinski definition) is 1. The lowest BCUT2D eigenvalue weighted by molar-refractivity contribution is 0.0992. The first-order valence-electron chi connectivity index (χ1n) is 10.7. The van der Waals surface area contributed by atoms with Crippen LogP contribution in [0, 0.1) is 0 Å². The smallest absolute Gasteiger partial charge is 0.265 e. The number of amides is 1. The Morgan fingerprint density at radius 3 is 2.53 bits per heavy atom. The van der Waals surface area contributed by atoms with Gasteiger partial charge in [0.2, 0.25) is 0 Å². The molecule has 32 heavy (non-hydrogen) atoms. The van der Waals surface area contributed by atoms with Crippen LogP contribution in [-0.4, -0.2) is 20.0 Å². The fourth-order valence-electron chi connectivity index (χ4n) is 4.22. The highest BCUT2D eigenvalue weighted by atomic mass is 16.1. The van der Waals surface area contributed by atoms with Gasteiger partial charge >= 0.3 is 0 Å². The largest absolute Gasteiger partial charge is 0.364 e. The Hall–Kier alpha value is -4.12. The second kappa shape index (κ2) is 8.55. The summed E-state index contributed by atoms with van der Waals surface area (Å²) in [4.78, 5) is 16.6. The molecule has 0 aliphatic carbocycles. The van der Waals surface area contributed by atoms with Gasteiger partial charge < -0.3 is 14.9 Å². The van der Waals surface area contributed by atoms with Gasteiger partial charge in [0, 0.05) is 24.5 Å². The predicted molar refractivity (Wildman–Crippen MR) is 127 cm³/mol. The standard InChI is InChI=1S/C27H24N4O/c28-27(32)26-15-22(25-12-6-10-21-9-4-5-11-24(21)25)17-31(26)18-23-16-29-19-30(23)14-13-20-7-2-1-3-8-20/h1-12,15-17,19H,13-14,18H2,(H2,28,32). The zero-order valence-corrected chi connectivity index (χ0v) is 17.7. The quantitative estimate of drug-likeness (QED) is 0.407. The van der Waals surface area contributed by atoms with E-state index in [9.17, 15) is 4.79 Å². The molecule has 0 unspecified atom stereocenters. The zero-order chi connectivity index (χ0) is 21.9. The van der Waals surface area contributed by atoms with Crippen LogP contribution in [0.1, 0.15) is 21.7 Å². The summed E-state index contributed by atoms with van der Waals surface area (Å²) < 4.78 is 4.06. The molecule has 0 fully saturated rings. The lowest BCUT2D eigenvalue weighted by atomic mass is 10.0. The number of hydrogen-bond acceptors (Lipinski definition) is 2. The molecule has 5 rings (SSSR count). The molecule has 3 aromatic carbocycles. The van der Waals surface area contributed by atoms with Crippen LogP contribution in [0.25, 0.3) is 21.9 Å². The molecule has 0 bridgehead atoms. The molecule has 0 radical (unpaired) electrons. The van der Waals surface area contributed by atoms with Crippen LogP contribution in [0.2, 0.25) is 0 Å². The molecule has 158 valence electrons. The maximum atomic E-state index is 12.2. The summed E-state index contributed by atoms with van der Waals surface area (Å²) in [5.74, 6) is -0.438. The average Bonchev–Trinajstić information content (AvgIpc) is 3.45. The Labute approximate surface area is 186 Å². The molecule has 0 spiro atoms. The van der Waals surface area contributed by atoms with E-state index < -0.39 is 5.91 Å². The van der Waals surface area contributed by atoms with E-state index in [4.69, 9.17) is 5.73 Å². The van der Waals surface area contributed by atoms with Gasteiger partial charge in [0.15, 0.2) is 0 Å². The van der Waals surface area contributed by atoms with Gasteiger partial charge in [-0.2, -0.15) is 0 Å². The third kappa shape index (κ3) is 3.93. The molecule has 0 saturated heterocycles. The minimum absolute atomic E-state index is 0.438. The first-order valence-corrected chi connectivity index (χ1v) is 10.7. The van der Waals surface area contributed by atoms with Gasteiger partial charge in [-0.3, -0.25) is 4.79 Å². The summed E-state index contributed by atoms with van der Waals surface area (Å²) in [5, 5.41) is 2.31. The van der Waals surface area contributed by atoms with E-state index in [0.29, 0.717) is 12.2 Å². The molecule has 5 nitrogen and oxygen atoms in total. The molecule has 0 saturated carbocycles. The molecule has 5 aromatic rings. The Morgan fingerprint density at radius 1 is 0.906 bits per heavy atom. The predicted octanol–water partition coefficient (Wildman–Crippen LogP) is 4.89. The summed E-state index contributed by atoms with van der Waals surface area (Å²) >= 11 is 0. The lowest BCUT2D eigenvalue weighted by Gasteiger charge is -2.11. The minimum Gasteiger partial charge on any atom is -0.364 e. The number of primary amides is 1. The van der Waals surface area contributed by atoms with Gasteiger partial charge in [-0.25, -0.2) is 4.98 Å². The van der Waals surface area contributed by atoms with E-state index in [-0.39, 0.29) is 0 Å². The fraction of sp³-hybridized carbons (Fsp3) is 0.111. The van der Waals surface area contributed by atoms with Crippen molar-refractivity contribution in [2.24, 2.45) is 5.73 Å². The highest BCUT2D eigenvalue weighted by Gasteiger charge is 2.15. The summed E-state index contributed by atoms with van der Waals surface area (Å²) in [7, 11) is 0. The summed E-state index contributed by atoms with van der Waals surface area (Å²) in [6.07, 6.45) is 6.63. The van der Waals surface area contributed by atoms with Crippen LogP contribution in [0.5, 0.6) is 0 Å². The fourth-order valence-corrected chi connectivity index (χ4v) is 4.22. The van der Waals surface area contributed by atoms with Crippen molar-refractivity contribution in [2.75, 3.05) is 0 Å². The van der Waals surface area contributed by atoms with Crippen LogP contribution in [0.4, 0.5) is 0 Å². The van der Waals surface area contributed by atoms with Gasteiger partial charge in [0.1, 0.15) is 5.69 Å². The molecule has 5 heteroatoms. The highest BCUT2D eigenvalue weighted by molar-refractivity contribution is 5.99. The number of aromatic nitrogens is 3. The maximum absolute atomic E-state index is 12.2. The SMILES string of the molecule is NC(=O)c1cc(-c2cccc3ccccc23)cn1Cc1cncn1CCc1ccccc1. The summed E-state index contributed by atoms with van der Waals surface area (Å²) in [6, 6.07) is 26.7. The molecule has 0 aliphatic heterocycles. The molecule has 2 heterocycles. The van der Waals surface area contributed by atoms with Crippen molar-refractivity contribution in [3.8, 4) is 11.1 Å². The molecule has 1 amide bonds. The van der Waals surface area contributed by atoms with Gasteiger partial charge in [-0.15, -0.1) is 0 Å². The number of fused-ring (bicyclic) bond motifs is 1. The first kappa shape index (κ1) is 19.8. The average molecular weight is 421 g/mol. The van der Waals surface area contributed by atoms with E-state index in [1.807, 2.05) is 53.6 Å². The number of rotatable bonds is 7. The summed E-state index contributed by atoms with van der Waals surface area (Å²) in [5.41, 5.74) is 10.6. The topological polar surface area (TPSA) is 65.8 Å². The number of nitrogens with two attached hydrogens (primary N) is 1. The van der Waals surface area contributed by atoms with Crippen LogP contribution in [-0.2, 0) is 19.5 Å². The van der Waals surface area contributed by atoms with E-state index in [1.54, 1.807) is 0 Å². The Balaban J connectivity index is 1.46. The Kier molecular flexibility index (Phi) is 5.30. The first-order chi connectivity index (χ1) is 15.7. The molecule has 0 atom stereocenters. The van der Waals surface area contributed by atoms with Gasteiger partial charge in [0.25, 0.3) is 5.91 Å². The molecular formula is C27H24N4O. The molecule has 0 aliphatic rings. The van der Waals surface area contributed by atoms with Gasteiger partial charge in [-0.05, 0) is 34.4 Å². The zero-order valence-electron chi connectivity index (χ0n) is 17.7. The number of benzene rings is 3. The Bertz CT molecular complexity index is 1380. The monoisotopic (exact) mass is 420 g/mol. The van der Waals surface area contributed by atoms with Crippen molar-refractivity contribution in [1.29, 1.82) is 0 Å². The van der Waals surface area contributed by atoms with Gasteiger partial charge in [-0.1, -0.05) is 72.8 Å². The lowest BCUT2D eigenvalue weighted by Crippen LogP contribution is -2.18. The number of carbonyl (C=O) groups is 1. The third-order valence-corrected chi connectivity index (χ3v) is 5.86. The van der Waals surface area contributed by atoms with Crippen LogP contribution < -0.4 is 5.73 Å². The molecule has 2 N–H and O–H groups in total. The van der Waals surface area contributed by atoms with Crippen molar-refractivity contribution >= 4 is 16.7 Å². The van der Waals surface area contributed by atoms with E-state index in [2.05, 4.69) is 58.1 Å². The van der Waals surface area contributed by atoms with Gasteiger partial charge in [0.05, 0.1) is 18.6 Å². The minimum atomic E-state index is -0.438. The van der Waals surface area contributed by atoms with Crippen LogP contribution >= 0.6 is 0 Å². The highest BCUT2D eigenvalue weighted by Crippen LogP contribution is 2.30. The number of carbonyl (C=O) groups excluding carboxylic acids is 1. The van der Waals surface area contributed by atoms with E-state index in [0.717, 1.165) is 40.6 Å². The number of aryl methyl sites for hydroxylation is 2.